The van der Waals surface area contributed by atoms with Crippen LogP contribution in [0.3, 0.4) is 0 Å². The van der Waals surface area contributed by atoms with Crippen LogP contribution >= 0.6 is 0 Å². The van der Waals surface area contributed by atoms with E-state index in [2.05, 4.69) is 72.9 Å². The molecular formula is C38H52F6N2O2. The molecule has 0 spiro atoms. The molecule has 3 aliphatic carbocycles. The number of hydrogen-bond donors (Lipinski definition) is 2. The molecule has 0 radical (unpaired) electrons. The molecule has 1 aliphatic heterocycles. The summed E-state index contributed by atoms with van der Waals surface area (Å²) in [5.41, 5.74) is -4.04. The number of rotatable bonds is 4. The second-order valence-electron chi connectivity index (χ2n) is 16.9. The molecule has 3 fully saturated rings. The van der Waals surface area contributed by atoms with Crippen molar-refractivity contribution in [2.75, 3.05) is 5.32 Å². The van der Waals surface area contributed by atoms with Crippen molar-refractivity contribution in [2.45, 2.75) is 120 Å². The van der Waals surface area contributed by atoms with Crippen molar-refractivity contribution in [2.24, 2.45) is 57.2 Å². The van der Waals surface area contributed by atoms with Crippen molar-refractivity contribution in [3.63, 3.8) is 0 Å². The Morgan fingerprint density at radius 1 is 0.854 bits per heavy atom. The first-order valence-electron chi connectivity index (χ1n) is 17.4. The molecule has 4 nitrogen and oxygen atoms in total. The summed E-state index contributed by atoms with van der Waals surface area (Å²) >= 11 is 0. The minimum atomic E-state index is -4.96. The van der Waals surface area contributed by atoms with E-state index >= 15 is 0 Å². The lowest BCUT2D eigenvalue weighted by Gasteiger charge is -2.75. The number of fused-ring (bicyclic) bond motifs is 5. The summed E-state index contributed by atoms with van der Waals surface area (Å²) in [4.78, 5) is 27.6. The van der Waals surface area contributed by atoms with Crippen LogP contribution < -0.4 is 10.6 Å². The molecular weight excluding hydrogens is 630 g/mol. The first-order valence-corrected chi connectivity index (χ1v) is 17.4. The van der Waals surface area contributed by atoms with E-state index < -0.39 is 62.8 Å². The number of nitrogens with one attached hydrogen (secondary N) is 2. The summed E-state index contributed by atoms with van der Waals surface area (Å²) in [6.45, 7) is 22.6. The summed E-state index contributed by atoms with van der Waals surface area (Å²) in [7, 11) is 0. The van der Waals surface area contributed by atoms with Crippen molar-refractivity contribution >= 4 is 17.5 Å². The van der Waals surface area contributed by atoms with Gasteiger partial charge in [0.25, 0.3) is 0 Å². The van der Waals surface area contributed by atoms with Gasteiger partial charge in [-0.05, 0) is 110 Å². The molecule has 0 saturated heterocycles. The maximum atomic E-state index is 14.5. The smallest absolute Gasteiger partial charge is 0.349 e. The van der Waals surface area contributed by atoms with Crippen molar-refractivity contribution in [3.05, 3.63) is 40.0 Å². The Labute approximate surface area is 281 Å². The van der Waals surface area contributed by atoms with E-state index in [0.717, 1.165) is 30.9 Å². The van der Waals surface area contributed by atoms with Crippen molar-refractivity contribution < 1.29 is 35.9 Å². The van der Waals surface area contributed by atoms with Crippen LogP contribution in [0.15, 0.2) is 23.3 Å². The van der Waals surface area contributed by atoms with Gasteiger partial charge < -0.3 is 10.6 Å². The number of halogens is 6. The van der Waals surface area contributed by atoms with Crippen LogP contribution in [0.4, 0.5) is 32.0 Å². The minimum absolute atomic E-state index is 0.0302. The maximum absolute atomic E-state index is 14.5. The Balaban J connectivity index is 1.68. The molecule has 2 amide bonds. The fraction of sp³-hybridized carbons (Fsp3) is 0.737. The first kappa shape index (κ1) is 36.8. The van der Waals surface area contributed by atoms with Gasteiger partial charge in [-0.1, -0.05) is 61.0 Å². The van der Waals surface area contributed by atoms with Gasteiger partial charge in [0.2, 0.25) is 11.8 Å². The van der Waals surface area contributed by atoms with Crippen molar-refractivity contribution in [1.29, 1.82) is 0 Å². The van der Waals surface area contributed by atoms with Crippen molar-refractivity contribution in [1.82, 2.24) is 5.32 Å². The Kier molecular flexibility index (Phi) is 8.61. The highest BCUT2D eigenvalue weighted by atomic mass is 19.4. The highest BCUT2D eigenvalue weighted by Crippen LogP contribution is 2.79. The van der Waals surface area contributed by atoms with E-state index in [-0.39, 0.29) is 47.0 Å². The van der Waals surface area contributed by atoms with Crippen LogP contribution in [0, 0.1) is 64.1 Å². The van der Waals surface area contributed by atoms with Crippen LogP contribution in [0.5, 0.6) is 0 Å². The van der Waals surface area contributed by atoms with E-state index in [1.165, 1.54) is 0 Å². The van der Waals surface area contributed by atoms with Crippen LogP contribution in [0.2, 0.25) is 0 Å². The van der Waals surface area contributed by atoms with Gasteiger partial charge in [-0.15, -0.1) is 0 Å². The van der Waals surface area contributed by atoms with Gasteiger partial charge in [0, 0.05) is 22.9 Å². The standard InChI is InChI=1S/C38H52F6N2O2/c1-18(2)35-22(7)20(5)31(47)45-28(35)17-12-23-25-14-16-27(36(25,19(3)4)34(10,11)33(8,9)30(23)35)32(48)46-29-21(6)24(37(39,40)41)13-15-26(29)38(42,43)44/h13,15,18-19,23,25,27-28,30H,12,14,16-17H2,1-11H3,(H,45,47)(H,46,48)/t23-,25-,27+,28+,30+,35-,36-/m0/s1. The normalized spacial score (nSPS) is 34.5. The molecule has 5 rings (SSSR count). The third-order valence-corrected chi connectivity index (χ3v) is 14.7. The molecule has 0 unspecified atom stereocenters. The number of alkyl halides is 6. The van der Waals surface area contributed by atoms with Gasteiger partial charge >= 0.3 is 12.4 Å². The lowest BCUT2D eigenvalue weighted by Crippen LogP contribution is -2.73. The van der Waals surface area contributed by atoms with E-state index in [9.17, 15) is 35.9 Å². The first-order chi connectivity index (χ1) is 21.8. The average Bonchev–Trinajstić information content (AvgIpc) is 3.37. The molecule has 7 atom stereocenters. The minimum Gasteiger partial charge on any atom is -0.349 e. The molecule has 1 aromatic carbocycles. The number of hydrogen-bond acceptors (Lipinski definition) is 2. The summed E-state index contributed by atoms with van der Waals surface area (Å²) in [5, 5.41) is 5.83. The largest absolute Gasteiger partial charge is 0.418 e. The second kappa shape index (κ2) is 11.2. The van der Waals surface area contributed by atoms with E-state index in [4.69, 9.17) is 0 Å². The Bertz CT molecular complexity index is 1540. The van der Waals surface area contributed by atoms with Gasteiger partial charge in [0.05, 0.1) is 16.8 Å². The van der Waals surface area contributed by atoms with Gasteiger partial charge in [-0.2, -0.15) is 26.3 Å². The Morgan fingerprint density at radius 2 is 1.42 bits per heavy atom. The zero-order valence-electron chi connectivity index (χ0n) is 30.1. The monoisotopic (exact) mass is 682 g/mol. The summed E-state index contributed by atoms with van der Waals surface area (Å²) in [6, 6.07) is 0.820. The molecule has 0 aromatic heterocycles. The average molecular weight is 683 g/mol. The number of anilines is 1. The molecule has 1 heterocycles. The number of carbonyl (C=O) groups is 2. The van der Waals surface area contributed by atoms with E-state index in [1.54, 1.807) is 0 Å². The lowest BCUT2D eigenvalue weighted by atomic mass is 9.30. The molecule has 4 aliphatic rings. The summed E-state index contributed by atoms with van der Waals surface area (Å²) in [5.74, 6) is -0.905. The molecule has 10 heteroatoms. The molecule has 3 saturated carbocycles. The number of benzene rings is 1. The summed E-state index contributed by atoms with van der Waals surface area (Å²) < 4.78 is 84.3. The van der Waals surface area contributed by atoms with Crippen LogP contribution in [-0.4, -0.2) is 17.9 Å². The van der Waals surface area contributed by atoms with Crippen LogP contribution in [0.1, 0.15) is 112 Å². The second-order valence-corrected chi connectivity index (χ2v) is 16.9. The molecule has 0 bridgehead atoms. The quantitative estimate of drug-likeness (QED) is 0.311. The maximum Gasteiger partial charge on any atom is 0.418 e. The number of amides is 2. The predicted octanol–water partition coefficient (Wildman–Crippen LogP) is 10.2. The molecule has 1 aromatic rings. The van der Waals surface area contributed by atoms with Crippen LogP contribution in [0.25, 0.3) is 0 Å². The van der Waals surface area contributed by atoms with E-state index in [1.807, 2.05) is 6.92 Å². The number of carbonyl (C=O) groups excluding carboxylic acids is 2. The predicted molar refractivity (Wildman–Crippen MR) is 175 cm³/mol. The van der Waals surface area contributed by atoms with Crippen molar-refractivity contribution in [3.8, 4) is 0 Å². The highest BCUT2D eigenvalue weighted by molar-refractivity contribution is 5.96. The van der Waals surface area contributed by atoms with Gasteiger partial charge in [-0.3, -0.25) is 9.59 Å². The van der Waals surface area contributed by atoms with Gasteiger partial charge in [-0.25, -0.2) is 0 Å². The Morgan fingerprint density at radius 3 is 1.94 bits per heavy atom. The van der Waals surface area contributed by atoms with Crippen LogP contribution in [-0.2, 0) is 21.9 Å². The SMILES string of the molecule is CC1=C(C)[C@]2(C(C)C)[C@@H]3[C@@H](CC[C@H]2NC1=O)[C@@H]1CC[C@H](C(=O)Nc2c(C(F)(F)F)ccc(C(F)(F)F)c2C)[C@@]1(C(C)C)C(C)(C)C3(C)C. The summed E-state index contributed by atoms with van der Waals surface area (Å²) in [6.07, 6.45) is -7.10. The zero-order valence-corrected chi connectivity index (χ0v) is 30.1. The van der Waals surface area contributed by atoms with Gasteiger partial charge in [0.1, 0.15) is 0 Å². The van der Waals surface area contributed by atoms with E-state index in [0.29, 0.717) is 25.0 Å². The third kappa shape index (κ3) is 4.61. The fourth-order valence-electron chi connectivity index (χ4n) is 12.6. The molecule has 268 valence electrons. The molecule has 48 heavy (non-hydrogen) atoms. The topological polar surface area (TPSA) is 58.2 Å². The third-order valence-electron chi connectivity index (χ3n) is 14.7. The Hall–Kier alpha value is -2.52. The lowest BCUT2D eigenvalue weighted by molar-refractivity contribution is -0.255. The zero-order chi connectivity index (χ0) is 36.3. The fourth-order valence-corrected chi connectivity index (χ4v) is 12.6. The van der Waals surface area contributed by atoms with Gasteiger partial charge in [0.15, 0.2) is 0 Å². The molecule has 2 N–H and O–H groups in total. The highest BCUT2D eigenvalue weighted by Gasteiger charge is 2.76.